The molecule has 0 bridgehead atoms. The molecule has 0 heterocycles. The summed E-state index contributed by atoms with van der Waals surface area (Å²) < 4.78 is 34.7. The first-order valence-electron chi connectivity index (χ1n) is 7.61. The average Bonchev–Trinajstić information content (AvgIpc) is 2.53. The Morgan fingerprint density at radius 3 is 2.26 bits per heavy atom. The topological polar surface area (TPSA) is 69.7 Å². The predicted molar refractivity (Wildman–Crippen MR) is 88.3 cm³/mol. The van der Waals surface area contributed by atoms with Crippen LogP contribution in [0.15, 0.2) is 40.5 Å². The smallest absolute Gasteiger partial charge is 0.338 e. The fourth-order valence-corrected chi connectivity index (χ4v) is 3.02. The van der Waals surface area contributed by atoms with Gasteiger partial charge in [-0.15, -0.1) is 0 Å². The molecule has 0 N–H and O–H groups in total. The van der Waals surface area contributed by atoms with E-state index in [1.54, 1.807) is 12.1 Å². The number of hydrogen-bond donors (Lipinski definition) is 0. The van der Waals surface area contributed by atoms with E-state index in [4.69, 9.17) is 4.18 Å². The first kappa shape index (κ1) is 19.2. The fraction of sp³-hybridized carbons (Fsp3) is 0.471. The molecule has 0 aliphatic heterocycles. The third kappa shape index (κ3) is 5.71. The highest BCUT2D eigenvalue weighted by Gasteiger charge is 2.21. The summed E-state index contributed by atoms with van der Waals surface area (Å²) in [6.07, 6.45) is 3.02. The van der Waals surface area contributed by atoms with Crippen LogP contribution in [-0.2, 0) is 23.8 Å². The molecule has 1 aromatic carbocycles. The summed E-state index contributed by atoms with van der Waals surface area (Å²) in [6, 6.07) is 6.37. The second-order valence-corrected chi connectivity index (χ2v) is 6.89. The van der Waals surface area contributed by atoms with Crippen molar-refractivity contribution in [3.8, 4) is 0 Å². The van der Waals surface area contributed by atoms with Crippen molar-refractivity contribution >= 4 is 16.1 Å². The number of aryl methyl sites for hydroxylation is 1. The molecular formula is C17H24O5S. The van der Waals surface area contributed by atoms with Crippen LogP contribution in [0.2, 0.25) is 0 Å². The molecular weight excluding hydrogens is 316 g/mol. The number of benzene rings is 1. The Labute approximate surface area is 138 Å². The minimum atomic E-state index is -3.97. The Hall–Kier alpha value is -1.82. The summed E-state index contributed by atoms with van der Waals surface area (Å²) in [6.45, 7) is 5.42. The SMILES string of the molecule is CCCCC/C(OS(=O)(=O)c1ccc(C)cc1)=C(\C)C(=O)OC. The summed E-state index contributed by atoms with van der Waals surface area (Å²) in [4.78, 5) is 11.8. The Balaban J connectivity index is 3.08. The second-order valence-electron chi connectivity index (χ2n) is 5.35. The van der Waals surface area contributed by atoms with Gasteiger partial charge in [-0.05, 0) is 32.4 Å². The maximum absolute atomic E-state index is 12.4. The largest absolute Gasteiger partial charge is 0.466 e. The molecule has 0 aliphatic rings. The van der Waals surface area contributed by atoms with Crippen LogP contribution in [0.4, 0.5) is 0 Å². The number of unbranched alkanes of at least 4 members (excludes halogenated alkanes) is 2. The van der Waals surface area contributed by atoms with Crippen molar-refractivity contribution < 1.29 is 22.1 Å². The molecule has 0 aromatic heterocycles. The van der Waals surface area contributed by atoms with Gasteiger partial charge < -0.3 is 8.92 Å². The van der Waals surface area contributed by atoms with Crippen molar-refractivity contribution in [3.63, 3.8) is 0 Å². The summed E-state index contributed by atoms with van der Waals surface area (Å²) >= 11 is 0. The van der Waals surface area contributed by atoms with Gasteiger partial charge >= 0.3 is 16.1 Å². The molecule has 0 fully saturated rings. The Bertz CT molecular complexity index is 657. The van der Waals surface area contributed by atoms with Crippen molar-refractivity contribution in [1.82, 2.24) is 0 Å². The molecule has 23 heavy (non-hydrogen) atoms. The van der Waals surface area contributed by atoms with Crippen molar-refractivity contribution in [2.45, 2.75) is 51.3 Å². The highest BCUT2D eigenvalue weighted by atomic mass is 32.2. The fourth-order valence-electron chi connectivity index (χ4n) is 1.98. The van der Waals surface area contributed by atoms with Gasteiger partial charge in [-0.1, -0.05) is 37.5 Å². The van der Waals surface area contributed by atoms with Gasteiger partial charge in [-0.2, -0.15) is 8.42 Å². The molecule has 0 aliphatic carbocycles. The number of methoxy groups -OCH3 is 1. The van der Waals surface area contributed by atoms with E-state index in [9.17, 15) is 13.2 Å². The molecule has 0 radical (unpaired) electrons. The lowest BCUT2D eigenvalue weighted by atomic mass is 10.1. The van der Waals surface area contributed by atoms with Gasteiger partial charge in [0.05, 0.1) is 12.7 Å². The number of esters is 1. The minimum absolute atomic E-state index is 0.0637. The summed E-state index contributed by atoms with van der Waals surface area (Å²) in [5.74, 6) is -0.443. The van der Waals surface area contributed by atoms with E-state index in [1.165, 1.54) is 26.2 Å². The van der Waals surface area contributed by atoms with Crippen molar-refractivity contribution in [3.05, 3.63) is 41.2 Å². The molecule has 0 amide bonds. The zero-order valence-corrected chi connectivity index (χ0v) is 14.9. The molecule has 6 heteroatoms. The molecule has 0 unspecified atom stereocenters. The zero-order chi connectivity index (χ0) is 17.5. The van der Waals surface area contributed by atoms with Crippen LogP contribution in [0, 0.1) is 6.92 Å². The van der Waals surface area contributed by atoms with E-state index in [1.807, 2.05) is 13.8 Å². The Kier molecular flexibility index (Phi) is 7.29. The van der Waals surface area contributed by atoms with Crippen LogP contribution in [0.1, 0.15) is 45.1 Å². The molecule has 5 nitrogen and oxygen atoms in total. The van der Waals surface area contributed by atoms with E-state index in [0.717, 1.165) is 24.8 Å². The van der Waals surface area contributed by atoms with Crippen molar-refractivity contribution in [2.24, 2.45) is 0 Å². The molecule has 128 valence electrons. The number of carbonyl (C=O) groups is 1. The number of rotatable bonds is 8. The van der Waals surface area contributed by atoms with Crippen molar-refractivity contribution in [1.29, 1.82) is 0 Å². The Morgan fingerprint density at radius 2 is 1.74 bits per heavy atom. The number of hydrogen-bond acceptors (Lipinski definition) is 5. The van der Waals surface area contributed by atoms with Gasteiger partial charge in [-0.25, -0.2) is 4.79 Å². The van der Waals surface area contributed by atoms with Crippen LogP contribution in [0.5, 0.6) is 0 Å². The number of allylic oxidation sites excluding steroid dienone is 1. The summed E-state index contributed by atoms with van der Waals surface area (Å²) in [7, 11) is -2.71. The third-order valence-electron chi connectivity index (χ3n) is 3.44. The average molecular weight is 340 g/mol. The maximum atomic E-state index is 12.4. The standard InChI is InChI=1S/C17H24O5S/c1-5-6-7-8-16(14(3)17(18)21-4)22-23(19,20)15-11-9-13(2)10-12-15/h9-12H,5-8H2,1-4H3/b16-14-. The van der Waals surface area contributed by atoms with Gasteiger partial charge in [-0.3, -0.25) is 0 Å². The van der Waals surface area contributed by atoms with Gasteiger partial charge in [0.1, 0.15) is 10.7 Å². The predicted octanol–water partition coefficient (Wildman–Crippen LogP) is 3.73. The third-order valence-corrected chi connectivity index (χ3v) is 4.71. The highest BCUT2D eigenvalue weighted by molar-refractivity contribution is 7.86. The Morgan fingerprint density at radius 1 is 1.13 bits per heavy atom. The van der Waals surface area contributed by atoms with Crippen LogP contribution in [0.3, 0.4) is 0 Å². The van der Waals surface area contributed by atoms with Crippen molar-refractivity contribution in [2.75, 3.05) is 7.11 Å². The number of carbonyl (C=O) groups excluding carboxylic acids is 1. The van der Waals surface area contributed by atoms with Gasteiger partial charge in [0.25, 0.3) is 0 Å². The molecule has 0 spiro atoms. The van der Waals surface area contributed by atoms with Gasteiger partial charge in [0, 0.05) is 6.42 Å². The van der Waals surface area contributed by atoms with E-state index >= 15 is 0 Å². The molecule has 0 atom stereocenters. The molecule has 1 rings (SSSR count). The monoisotopic (exact) mass is 340 g/mol. The summed E-state index contributed by atoms with van der Waals surface area (Å²) in [5.41, 5.74) is 1.13. The lowest BCUT2D eigenvalue weighted by molar-refractivity contribution is -0.136. The quantitative estimate of drug-likeness (QED) is 0.237. The summed E-state index contributed by atoms with van der Waals surface area (Å²) in [5, 5.41) is 0. The van der Waals surface area contributed by atoms with Crippen LogP contribution >= 0.6 is 0 Å². The molecule has 0 saturated heterocycles. The van der Waals surface area contributed by atoms with E-state index in [0.29, 0.717) is 6.42 Å². The van der Waals surface area contributed by atoms with E-state index < -0.39 is 16.1 Å². The lowest BCUT2D eigenvalue weighted by Gasteiger charge is -2.13. The first-order valence-corrected chi connectivity index (χ1v) is 9.02. The van der Waals surface area contributed by atoms with Crippen LogP contribution in [0.25, 0.3) is 0 Å². The van der Waals surface area contributed by atoms with E-state index in [-0.39, 0.29) is 16.2 Å². The van der Waals surface area contributed by atoms with E-state index in [2.05, 4.69) is 4.74 Å². The maximum Gasteiger partial charge on any atom is 0.338 e. The molecule has 0 saturated carbocycles. The van der Waals surface area contributed by atoms with Crippen LogP contribution in [-0.4, -0.2) is 21.5 Å². The minimum Gasteiger partial charge on any atom is -0.466 e. The van der Waals surface area contributed by atoms with Gasteiger partial charge in [0.2, 0.25) is 0 Å². The first-order chi connectivity index (χ1) is 10.8. The normalized spacial score (nSPS) is 12.5. The van der Waals surface area contributed by atoms with Crippen LogP contribution < -0.4 is 0 Å². The highest BCUT2D eigenvalue weighted by Crippen LogP contribution is 2.23. The number of ether oxygens (including phenoxy) is 1. The second kappa shape index (κ2) is 8.72. The molecule has 1 aromatic rings. The lowest BCUT2D eigenvalue weighted by Crippen LogP contribution is -2.12. The van der Waals surface area contributed by atoms with Gasteiger partial charge in [0.15, 0.2) is 0 Å². The zero-order valence-electron chi connectivity index (χ0n) is 14.1.